The molecule has 2 aromatic heterocycles. The summed E-state index contributed by atoms with van der Waals surface area (Å²) < 4.78 is 11.2. The molecule has 5 rings (SSSR count). The highest BCUT2D eigenvalue weighted by Crippen LogP contribution is 2.40. The summed E-state index contributed by atoms with van der Waals surface area (Å²) in [6, 6.07) is 0.803. The van der Waals surface area contributed by atoms with Gasteiger partial charge in [-0.25, -0.2) is 4.79 Å². The highest BCUT2D eigenvalue weighted by Gasteiger charge is 2.55. The number of carbonyl (C=O) groups is 3. The van der Waals surface area contributed by atoms with Crippen molar-refractivity contribution in [1.82, 2.24) is 19.6 Å². The molecule has 7 N–H and O–H groups in total. The average molecular weight is 535 g/mol. The molecular weight excluding hydrogens is 514 g/mol. The number of anilines is 2. The number of fused-ring (bicyclic) bond motifs is 2. The van der Waals surface area contributed by atoms with Gasteiger partial charge in [-0.1, -0.05) is 5.16 Å². The Morgan fingerprint density at radius 2 is 2.31 bits per heavy atom. The van der Waals surface area contributed by atoms with Gasteiger partial charge in [0.2, 0.25) is 29.8 Å². The van der Waals surface area contributed by atoms with Crippen molar-refractivity contribution >= 4 is 57.6 Å². The van der Waals surface area contributed by atoms with Crippen molar-refractivity contribution in [1.29, 1.82) is 0 Å². The van der Waals surface area contributed by atoms with Crippen molar-refractivity contribution in [3.05, 3.63) is 35.6 Å². The number of β-lactam (4-membered cyclic amide) rings is 1. The zero-order valence-corrected chi connectivity index (χ0v) is 20.2. The second-order valence-corrected chi connectivity index (χ2v) is 9.66. The van der Waals surface area contributed by atoms with Crippen LogP contribution in [0.25, 0.3) is 0 Å². The molecular formula is C19H20N9O6S2+. The first-order valence-electron chi connectivity index (χ1n) is 10.4. The fourth-order valence-electron chi connectivity index (χ4n) is 3.99. The second-order valence-electron chi connectivity index (χ2n) is 7.77. The van der Waals surface area contributed by atoms with Crippen molar-refractivity contribution in [3.63, 3.8) is 0 Å². The number of ether oxygens (including phenoxy) is 1. The molecule has 0 aromatic carbocycles. The summed E-state index contributed by atoms with van der Waals surface area (Å²) in [5.41, 5.74) is 12.2. The zero-order chi connectivity index (χ0) is 25.6. The van der Waals surface area contributed by atoms with Crippen molar-refractivity contribution in [2.75, 3.05) is 23.9 Å². The maximum atomic E-state index is 13.0. The number of carboxylic acid groups (broad SMARTS) is 1. The van der Waals surface area contributed by atoms with Gasteiger partial charge in [0.05, 0.1) is 5.69 Å². The number of nitrogens with one attached hydrogen (secondary N) is 2. The molecule has 2 amide bonds. The molecule has 0 saturated carbocycles. The molecule has 188 valence electrons. The van der Waals surface area contributed by atoms with E-state index in [1.54, 1.807) is 23.0 Å². The molecule has 0 aliphatic carbocycles. The van der Waals surface area contributed by atoms with Crippen LogP contribution in [-0.4, -0.2) is 73.5 Å². The predicted molar refractivity (Wildman–Crippen MR) is 126 cm³/mol. The lowest BCUT2D eigenvalue weighted by atomic mass is 10.0. The SMILES string of the molecule is CON=C(C(=O)NC1C(=O)N2C(C(=O)O)=C(C[n+]3ccc4c(c3)OC(N)N4)CS[C@H]12)c1nsc(N)n1. The minimum absolute atomic E-state index is 0.0447. The van der Waals surface area contributed by atoms with Crippen LogP contribution >= 0.6 is 23.3 Å². The van der Waals surface area contributed by atoms with E-state index >= 15 is 0 Å². The Morgan fingerprint density at radius 3 is 3.00 bits per heavy atom. The number of carboxylic acids is 1. The van der Waals surface area contributed by atoms with Crippen molar-refractivity contribution in [2.45, 2.75) is 24.3 Å². The Balaban J connectivity index is 1.34. The lowest BCUT2D eigenvalue weighted by Crippen LogP contribution is -2.71. The normalized spacial score (nSPS) is 22.7. The molecule has 1 saturated heterocycles. The topological polar surface area (TPSA) is 211 Å². The summed E-state index contributed by atoms with van der Waals surface area (Å²) in [6.45, 7) is 0.218. The van der Waals surface area contributed by atoms with Gasteiger partial charge in [-0.3, -0.25) is 20.2 Å². The number of nitrogens with zero attached hydrogens (tertiary/aromatic N) is 5. The maximum Gasteiger partial charge on any atom is 0.352 e. The Morgan fingerprint density at radius 1 is 1.50 bits per heavy atom. The van der Waals surface area contributed by atoms with Gasteiger partial charge in [0.15, 0.2) is 17.9 Å². The molecule has 17 heteroatoms. The van der Waals surface area contributed by atoms with Crippen molar-refractivity contribution in [2.24, 2.45) is 10.9 Å². The quantitative estimate of drug-likeness (QED) is 0.116. The molecule has 5 heterocycles. The molecule has 3 aliphatic heterocycles. The molecule has 15 nitrogen and oxygen atoms in total. The van der Waals surface area contributed by atoms with E-state index in [2.05, 4.69) is 25.1 Å². The van der Waals surface area contributed by atoms with E-state index in [1.807, 2.05) is 0 Å². The highest BCUT2D eigenvalue weighted by molar-refractivity contribution is 8.00. The Hall–Kier alpha value is -3.96. The summed E-state index contributed by atoms with van der Waals surface area (Å²) in [5.74, 6) is -1.73. The fourth-order valence-corrected chi connectivity index (χ4v) is 5.76. The molecule has 36 heavy (non-hydrogen) atoms. The van der Waals surface area contributed by atoms with E-state index in [1.165, 1.54) is 23.8 Å². The predicted octanol–water partition coefficient (Wildman–Crippen LogP) is -1.76. The monoisotopic (exact) mass is 534 g/mol. The Kier molecular flexibility index (Phi) is 6.10. The van der Waals surface area contributed by atoms with Crippen LogP contribution in [0.3, 0.4) is 0 Å². The van der Waals surface area contributed by atoms with E-state index in [-0.39, 0.29) is 28.9 Å². The third-order valence-corrected chi connectivity index (χ3v) is 7.38. The third kappa shape index (κ3) is 4.16. The van der Waals surface area contributed by atoms with Crippen LogP contribution in [0.1, 0.15) is 5.82 Å². The first kappa shape index (κ1) is 23.8. The number of aromatic nitrogens is 3. The summed E-state index contributed by atoms with van der Waals surface area (Å²) in [5, 5.41) is 18.6. The third-order valence-electron chi connectivity index (χ3n) is 5.49. The van der Waals surface area contributed by atoms with Gasteiger partial charge in [-0.2, -0.15) is 13.9 Å². The molecule has 2 aromatic rings. The molecule has 0 spiro atoms. The van der Waals surface area contributed by atoms with E-state index < -0.39 is 35.6 Å². The van der Waals surface area contributed by atoms with Gasteiger partial charge in [0, 0.05) is 28.9 Å². The Labute approximate surface area is 211 Å². The number of carbonyl (C=O) groups excluding carboxylic acids is 2. The van der Waals surface area contributed by atoms with Gasteiger partial charge in [-0.05, 0) is 0 Å². The van der Waals surface area contributed by atoms with Crippen LogP contribution in [0.15, 0.2) is 34.9 Å². The van der Waals surface area contributed by atoms with Gasteiger partial charge in [-0.15, -0.1) is 11.8 Å². The second kappa shape index (κ2) is 9.25. The Bertz CT molecular complexity index is 1330. The minimum Gasteiger partial charge on any atom is -0.477 e. The first-order chi connectivity index (χ1) is 17.3. The van der Waals surface area contributed by atoms with Crippen molar-refractivity contribution < 1.29 is 33.6 Å². The van der Waals surface area contributed by atoms with Gasteiger partial charge < -0.3 is 31.0 Å². The summed E-state index contributed by atoms with van der Waals surface area (Å²) in [6.07, 6.45) is 2.81. The number of pyridine rings is 1. The number of nitrogen functional groups attached to an aromatic ring is 1. The number of hydrogen-bond acceptors (Lipinski definition) is 13. The molecule has 0 bridgehead atoms. The fraction of sp³-hybridized carbons (Fsp3) is 0.316. The standard InChI is InChI=1S/C19H19N9O6S2/c1-33-25-10(13-24-19(21)36-26-13)14(29)23-11-15(30)28-12(17(31)32)7(6-35-16(11)28)4-27-3-2-8-9(5-27)34-18(20)22-8/h2-3,5,11,16,18H,4,6,20H2,1H3,(H4,21,23,24,26,29,31,32)/p+1/t11?,16-,18?/m1/s1. The molecule has 2 unspecified atom stereocenters. The lowest BCUT2D eigenvalue weighted by molar-refractivity contribution is -0.689. The lowest BCUT2D eigenvalue weighted by Gasteiger charge is -2.49. The molecule has 3 atom stereocenters. The summed E-state index contributed by atoms with van der Waals surface area (Å²) in [7, 11) is 1.25. The molecule has 0 radical (unpaired) electrons. The molecule has 3 aliphatic rings. The number of aliphatic carboxylic acids is 1. The van der Waals surface area contributed by atoms with E-state index in [0.29, 0.717) is 17.1 Å². The number of thioether (sulfide) groups is 1. The van der Waals surface area contributed by atoms with Crippen molar-refractivity contribution in [3.8, 4) is 5.75 Å². The number of nitrogens with two attached hydrogens (primary N) is 2. The highest BCUT2D eigenvalue weighted by atomic mass is 32.2. The summed E-state index contributed by atoms with van der Waals surface area (Å²) >= 11 is 2.21. The first-order valence-corrected chi connectivity index (χ1v) is 12.2. The number of amides is 2. The van der Waals surface area contributed by atoms with Crippen LogP contribution in [0.5, 0.6) is 5.75 Å². The number of rotatable bonds is 7. The van der Waals surface area contributed by atoms with Crippen LogP contribution in [0, 0.1) is 0 Å². The van der Waals surface area contributed by atoms with E-state index in [9.17, 15) is 19.5 Å². The maximum absolute atomic E-state index is 13.0. The summed E-state index contributed by atoms with van der Waals surface area (Å²) in [4.78, 5) is 47.8. The number of oxime groups is 1. The average Bonchev–Trinajstić information content (AvgIpc) is 3.44. The van der Waals surface area contributed by atoms with Gasteiger partial charge in [0.1, 0.15) is 24.2 Å². The van der Waals surface area contributed by atoms with E-state index in [0.717, 1.165) is 17.2 Å². The van der Waals surface area contributed by atoms with Crippen LogP contribution in [-0.2, 0) is 25.8 Å². The smallest absolute Gasteiger partial charge is 0.352 e. The number of hydrogen-bond donors (Lipinski definition) is 5. The minimum atomic E-state index is -1.24. The van der Waals surface area contributed by atoms with E-state index in [4.69, 9.17) is 21.0 Å². The molecule has 1 fully saturated rings. The zero-order valence-electron chi connectivity index (χ0n) is 18.6. The van der Waals surface area contributed by atoms with Gasteiger partial charge >= 0.3 is 5.97 Å². The largest absolute Gasteiger partial charge is 0.477 e. The van der Waals surface area contributed by atoms with Crippen LogP contribution < -0.4 is 31.4 Å². The van der Waals surface area contributed by atoms with Gasteiger partial charge in [0.25, 0.3) is 11.8 Å². The van der Waals surface area contributed by atoms with Crippen LogP contribution in [0.4, 0.5) is 10.8 Å². The van der Waals surface area contributed by atoms with Crippen LogP contribution in [0.2, 0.25) is 0 Å².